The van der Waals surface area contributed by atoms with Gasteiger partial charge in [-0.15, -0.1) is 0 Å². The van der Waals surface area contributed by atoms with Gasteiger partial charge in [0, 0.05) is 0 Å². The van der Waals surface area contributed by atoms with Crippen LogP contribution in [0, 0.1) is 13.8 Å². The van der Waals surface area contributed by atoms with E-state index in [9.17, 15) is 0 Å². The molecule has 0 radical (unpaired) electrons. The summed E-state index contributed by atoms with van der Waals surface area (Å²) in [5.74, 6) is 0.856. The first-order valence-corrected chi connectivity index (χ1v) is 4.01. The number of hydrogen-bond donors (Lipinski definition) is 2. The minimum atomic E-state index is 0.856. The molecule has 0 saturated heterocycles. The number of benzene rings is 1. The zero-order chi connectivity index (χ0) is 8.72. The van der Waals surface area contributed by atoms with Gasteiger partial charge in [-0.2, -0.15) is 0 Å². The Hall–Kier alpha value is -1.44. The Morgan fingerprint density at radius 1 is 1.00 bits per heavy atom. The highest BCUT2D eigenvalue weighted by molar-refractivity contribution is 5.80. The lowest BCUT2D eigenvalue weighted by atomic mass is 10.1. The Balaban J connectivity index is 2.55. The summed E-state index contributed by atoms with van der Waals surface area (Å²) in [6, 6.07) is 4.27. The van der Waals surface area contributed by atoms with Gasteiger partial charge in [-0.25, -0.2) is 0 Å². The van der Waals surface area contributed by atoms with Crippen molar-refractivity contribution in [3.8, 4) is 0 Å². The van der Waals surface area contributed by atoms with Crippen molar-refractivity contribution in [2.45, 2.75) is 13.8 Å². The molecular formula is C10H12N2. The number of anilines is 2. The van der Waals surface area contributed by atoms with Gasteiger partial charge in [0.05, 0.1) is 11.4 Å². The third kappa shape index (κ3) is 0.961. The predicted molar refractivity (Wildman–Crippen MR) is 52.3 cm³/mol. The van der Waals surface area contributed by atoms with Crippen LogP contribution in [0.1, 0.15) is 11.1 Å². The molecule has 0 aromatic heterocycles. The molecule has 2 N–H and O–H groups in total. The molecule has 2 nitrogen and oxygen atoms in total. The van der Waals surface area contributed by atoms with Crippen molar-refractivity contribution < 1.29 is 0 Å². The lowest BCUT2D eigenvalue weighted by Crippen LogP contribution is -1.94. The first-order chi connectivity index (χ1) is 5.66. The van der Waals surface area contributed by atoms with E-state index in [2.05, 4.69) is 43.2 Å². The summed E-state index contributed by atoms with van der Waals surface area (Å²) in [4.78, 5) is 0. The maximum atomic E-state index is 3.81. The second kappa shape index (κ2) is 2.27. The average molecular weight is 160 g/mol. The number of nitrogens with one attached hydrogen (secondary N) is 2. The minimum Gasteiger partial charge on any atom is -0.341 e. The lowest BCUT2D eigenvalue weighted by molar-refractivity contribution is 1.35. The van der Waals surface area contributed by atoms with E-state index in [0.29, 0.717) is 0 Å². The molecule has 0 bridgehead atoms. The van der Waals surface area contributed by atoms with Gasteiger partial charge in [-0.1, -0.05) is 6.58 Å². The predicted octanol–water partition coefficient (Wildman–Crippen LogP) is 2.61. The largest absolute Gasteiger partial charge is 0.341 e. The van der Waals surface area contributed by atoms with Crippen molar-refractivity contribution in [3.63, 3.8) is 0 Å². The van der Waals surface area contributed by atoms with E-state index in [1.165, 1.54) is 11.1 Å². The maximum absolute atomic E-state index is 3.81. The molecule has 0 amide bonds. The van der Waals surface area contributed by atoms with Gasteiger partial charge in [0.15, 0.2) is 0 Å². The highest BCUT2D eigenvalue weighted by atomic mass is 15.2. The maximum Gasteiger partial charge on any atom is 0.100 e. The quantitative estimate of drug-likeness (QED) is 0.609. The van der Waals surface area contributed by atoms with E-state index < -0.39 is 0 Å². The van der Waals surface area contributed by atoms with Crippen molar-refractivity contribution in [1.29, 1.82) is 0 Å². The number of fused-ring (bicyclic) bond motifs is 1. The molecule has 0 fully saturated rings. The molecule has 0 saturated carbocycles. The first-order valence-electron chi connectivity index (χ1n) is 4.01. The van der Waals surface area contributed by atoms with E-state index in [4.69, 9.17) is 0 Å². The van der Waals surface area contributed by atoms with Crippen LogP contribution in [0.3, 0.4) is 0 Å². The van der Waals surface area contributed by atoms with Crippen molar-refractivity contribution in [3.05, 3.63) is 35.7 Å². The van der Waals surface area contributed by atoms with Gasteiger partial charge >= 0.3 is 0 Å². The smallest absolute Gasteiger partial charge is 0.100 e. The summed E-state index contributed by atoms with van der Waals surface area (Å²) in [6.45, 7) is 8.02. The van der Waals surface area contributed by atoms with Gasteiger partial charge in [0.2, 0.25) is 0 Å². The molecule has 0 aliphatic carbocycles. The van der Waals surface area contributed by atoms with E-state index in [1.54, 1.807) is 0 Å². The monoisotopic (exact) mass is 160 g/mol. The molecule has 2 heteroatoms. The molecule has 0 unspecified atom stereocenters. The van der Waals surface area contributed by atoms with Crippen molar-refractivity contribution in [2.75, 3.05) is 10.6 Å². The SMILES string of the molecule is C=C1Nc2cc(C)c(C)cc2N1. The standard InChI is InChI=1S/C10H12N2/c1-6-4-9-10(5-7(6)2)12-8(3)11-9/h4-5,11-12H,3H2,1-2H3. The summed E-state index contributed by atoms with van der Waals surface area (Å²) < 4.78 is 0. The van der Waals surface area contributed by atoms with Crippen molar-refractivity contribution in [1.82, 2.24) is 0 Å². The van der Waals surface area contributed by atoms with Crippen LogP contribution in [0.5, 0.6) is 0 Å². The number of hydrogen-bond acceptors (Lipinski definition) is 2. The zero-order valence-electron chi connectivity index (χ0n) is 7.36. The molecular weight excluding hydrogens is 148 g/mol. The van der Waals surface area contributed by atoms with Crippen LogP contribution >= 0.6 is 0 Å². The number of rotatable bonds is 0. The van der Waals surface area contributed by atoms with Crippen molar-refractivity contribution >= 4 is 11.4 Å². The third-order valence-corrected chi connectivity index (χ3v) is 2.20. The highest BCUT2D eigenvalue weighted by Gasteiger charge is 2.12. The molecule has 0 atom stereocenters. The van der Waals surface area contributed by atoms with Crippen LogP contribution in [0.4, 0.5) is 11.4 Å². The van der Waals surface area contributed by atoms with Crippen LogP contribution in [0.15, 0.2) is 24.5 Å². The van der Waals surface area contributed by atoms with Crippen LogP contribution in [0.25, 0.3) is 0 Å². The molecule has 2 rings (SSSR count). The fourth-order valence-electron chi connectivity index (χ4n) is 1.38. The van der Waals surface area contributed by atoms with E-state index in [-0.39, 0.29) is 0 Å². The summed E-state index contributed by atoms with van der Waals surface area (Å²) in [5, 5.41) is 6.32. The topological polar surface area (TPSA) is 24.1 Å². The molecule has 62 valence electrons. The fraction of sp³-hybridized carbons (Fsp3) is 0.200. The highest BCUT2D eigenvalue weighted by Crippen LogP contribution is 2.32. The van der Waals surface area contributed by atoms with Crippen LogP contribution in [0.2, 0.25) is 0 Å². The van der Waals surface area contributed by atoms with Gasteiger partial charge in [-0.3, -0.25) is 0 Å². The Kier molecular flexibility index (Phi) is 1.37. The Morgan fingerprint density at radius 2 is 1.42 bits per heavy atom. The summed E-state index contributed by atoms with van der Waals surface area (Å²) in [6.07, 6.45) is 0. The fourth-order valence-corrected chi connectivity index (χ4v) is 1.38. The molecule has 1 heterocycles. The molecule has 1 aliphatic heterocycles. The minimum absolute atomic E-state index is 0.856. The molecule has 1 aromatic rings. The molecule has 1 aliphatic rings. The molecule has 1 aromatic carbocycles. The van der Waals surface area contributed by atoms with E-state index in [1.807, 2.05) is 0 Å². The first kappa shape index (κ1) is 7.22. The van der Waals surface area contributed by atoms with Crippen LogP contribution < -0.4 is 10.6 Å². The second-order valence-electron chi connectivity index (χ2n) is 3.21. The third-order valence-electron chi connectivity index (χ3n) is 2.20. The summed E-state index contributed by atoms with van der Waals surface area (Å²) >= 11 is 0. The zero-order valence-corrected chi connectivity index (χ0v) is 7.36. The summed E-state index contributed by atoms with van der Waals surface area (Å²) in [5.41, 5.74) is 4.86. The van der Waals surface area contributed by atoms with Crippen molar-refractivity contribution in [2.24, 2.45) is 0 Å². The molecule has 0 spiro atoms. The van der Waals surface area contributed by atoms with Crippen LogP contribution in [-0.4, -0.2) is 0 Å². The summed E-state index contributed by atoms with van der Waals surface area (Å²) in [7, 11) is 0. The Labute approximate surface area is 72.3 Å². The van der Waals surface area contributed by atoms with E-state index >= 15 is 0 Å². The second-order valence-corrected chi connectivity index (χ2v) is 3.21. The lowest BCUT2D eigenvalue weighted by Gasteiger charge is -2.02. The van der Waals surface area contributed by atoms with Gasteiger partial charge in [0.25, 0.3) is 0 Å². The van der Waals surface area contributed by atoms with E-state index in [0.717, 1.165) is 17.2 Å². The van der Waals surface area contributed by atoms with Crippen LogP contribution in [-0.2, 0) is 0 Å². The van der Waals surface area contributed by atoms with Gasteiger partial charge < -0.3 is 10.6 Å². The van der Waals surface area contributed by atoms with Gasteiger partial charge in [-0.05, 0) is 37.1 Å². The normalized spacial score (nSPS) is 13.7. The Morgan fingerprint density at radius 3 is 1.83 bits per heavy atom. The average Bonchev–Trinajstić information content (AvgIpc) is 2.30. The Bertz CT molecular complexity index is 320. The molecule has 12 heavy (non-hydrogen) atoms. The van der Waals surface area contributed by atoms with Gasteiger partial charge in [0.1, 0.15) is 5.82 Å². The number of aryl methyl sites for hydroxylation is 2.